The number of halogens is 1. The molecular formula is C19H29FN2O. The highest BCUT2D eigenvalue weighted by molar-refractivity contribution is 5.94. The second-order valence-electron chi connectivity index (χ2n) is 7.03. The van der Waals surface area contributed by atoms with Gasteiger partial charge in [0.15, 0.2) is 0 Å². The van der Waals surface area contributed by atoms with Crippen LogP contribution in [0.1, 0.15) is 49.0 Å². The number of likely N-dealkylation sites (tertiary alicyclic amines) is 1. The van der Waals surface area contributed by atoms with E-state index in [1.54, 1.807) is 19.1 Å². The summed E-state index contributed by atoms with van der Waals surface area (Å²) in [5, 5.41) is 0. The molecule has 1 aliphatic heterocycles. The summed E-state index contributed by atoms with van der Waals surface area (Å²) in [4.78, 5) is 17.1. The summed E-state index contributed by atoms with van der Waals surface area (Å²) in [6.45, 7) is 9.42. The lowest BCUT2D eigenvalue weighted by Gasteiger charge is -2.33. The number of amides is 1. The molecule has 1 fully saturated rings. The molecule has 1 aliphatic rings. The highest BCUT2D eigenvalue weighted by Crippen LogP contribution is 2.19. The Bertz CT molecular complexity index is 538. The maximum Gasteiger partial charge on any atom is 0.253 e. The lowest BCUT2D eigenvalue weighted by molar-refractivity contribution is 0.0666. The number of rotatable bonds is 6. The number of carbonyl (C=O) groups excluding carboxylic acids is 1. The van der Waals surface area contributed by atoms with Crippen molar-refractivity contribution in [2.45, 2.75) is 46.1 Å². The topological polar surface area (TPSA) is 23.6 Å². The third kappa shape index (κ3) is 4.54. The van der Waals surface area contributed by atoms with E-state index in [2.05, 4.69) is 18.7 Å². The molecule has 1 heterocycles. The van der Waals surface area contributed by atoms with Crippen LogP contribution in [0.2, 0.25) is 0 Å². The van der Waals surface area contributed by atoms with Crippen LogP contribution in [0, 0.1) is 18.7 Å². The fourth-order valence-corrected chi connectivity index (χ4v) is 3.43. The van der Waals surface area contributed by atoms with Crippen LogP contribution in [0.5, 0.6) is 0 Å². The van der Waals surface area contributed by atoms with E-state index in [9.17, 15) is 9.18 Å². The molecule has 0 radical (unpaired) electrons. The second kappa shape index (κ2) is 7.91. The zero-order valence-electron chi connectivity index (χ0n) is 14.8. The van der Waals surface area contributed by atoms with Crippen LogP contribution < -0.4 is 0 Å². The lowest BCUT2D eigenvalue weighted by atomic mass is 9.98. The van der Waals surface area contributed by atoms with Gasteiger partial charge in [0.1, 0.15) is 5.82 Å². The molecule has 3 nitrogen and oxygen atoms in total. The summed E-state index contributed by atoms with van der Waals surface area (Å²) in [6.07, 6.45) is 3.56. The number of aryl methyl sites for hydroxylation is 1. The van der Waals surface area contributed by atoms with E-state index < -0.39 is 0 Å². The first-order chi connectivity index (χ1) is 10.9. The highest BCUT2D eigenvalue weighted by atomic mass is 19.1. The molecule has 0 bridgehead atoms. The van der Waals surface area contributed by atoms with Gasteiger partial charge in [0.25, 0.3) is 5.91 Å². The van der Waals surface area contributed by atoms with Crippen molar-refractivity contribution >= 4 is 5.91 Å². The van der Waals surface area contributed by atoms with Gasteiger partial charge < -0.3 is 9.80 Å². The van der Waals surface area contributed by atoms with E-state index in [4.69, 9.17) is 0 Å². The molecule has 0 spiro atoms. The maximum atomic E-state index is 13.4. The normalized spacial score (nSPS) is 16.8. The van der Waals surface area contributed by atoms with Gasteiger partial charge in [0.2, 0.25) is 0 Å². The van der Waals surface area contributed by atoms with Gasteiger partial charge in [-0.1, -0.05) is 13.8 Å². The largest absolute Gasteiger partial charge is 0.338 e. The molecule has 0 aliphatic carbocycles. The Kier molecular flexibility index (Phi) is 6.17. The number of hydrogen-bond acceptors (Lipinski definition) is 2. The highest BCUT2D eigenvalue weighted by Gasteiger charge is 2.25. The molecule has 1 atom stereocenters. The first kappa shape index (κ1) is 17.9. The Morgan fingerprint density at radius 1 is 1.30 bits per heavy atom. The van der Waals surface area contributed by atoms with E-state index in [-0.39, 0.29) is 17.8 Å². The van der Waals surface area contributed by atoms with Crippen molar-refractivity contribution in [2.75, 3.05) is 26.7 Å². The van der Waals surface area contributed by atoms with Crippen molar-refractivity contribution in [2.24, 2.45) is 5.92 Å². The Hall–Kier alpha value is -1.42. The fraction of sp³-hybridized carbons (Fsp3) is 0.632. The van der Waals surface area contributed by atoms with E-state index in [0.29, 0.717) is 17.0 Å². The molecule has 2 rings (SSSR count). The second-order valence-corrected chi connectivity index (χ2v) is 7.03. The van der Waals surface area contributed by atoms with Crippen molar-refractivity contribution in [3.05, 3.63) is 35.1 Å². The third-order valence-corrected chi connectivity index (χ3v) is 4.93. The van der Waals surface area contributed by atoms with Crippen LogP contribution in [-0.4, -0.2) is 48.4 Å². The summed E-state index contributed by atoms with van der Waals surface area (Å²) in [6, 6.07) is 4.81. The number of nitrogens with zero attached hydrogens (tertiary/aromatic N) is 2. The van der Waals surface area contributed by atoms with Crippen LogP contribution in [-0.2, 0) is 0 Å². The fourth-order valence-electron chi connectivity index (χ4n) is 3.43. The molecular weight excluding hydrogens is 291 g/mol. The Morgan fingerprint density at radius 3 is 2.52 bits per heavy atom. The minimum atomic E-state index is -0.265. The average molecular weight is 320 g/mol. The van der Waals surface area contributed by atoms with Crippen molar-refractivity contribution in [1.82, 2.24) is 9.80 Å². The predicted molar refractivity (Wildman–Crippen MR) is 92.1 cm³/mol. The van der Waals surface area contributed by atoms with Crippen molar-refractivity contribution in [3.63, 3.8) is 0 Å². The summed E-state index contributed by atoms with van der Waals surface area (Å²) in [5.41, 5.74) is 1.08. The smallest absolute Gasteiger partial charge is 0.253 e. The van der Waals surface area contributed by atoms with Gasteiger partial charge in [-0.3, -0.25) is 4.79 Å². The number of hydrogen-bond donors (Lipinski definition) is 0. The summed E-state index contributed by atoms with van der Waals surface area (Å²) in [5.74, 6) is 0.111. The Balaban J connectivity index is 2.04. The SMILES string of the molecule is Cc1cc(C(=O)N(C)C(CCN2CCCC2)C(C)C)ccc1F. The van der Waals surface area contributed by atoms with Gasteiger partial charge >= 0.3 is 0 Å². The average Bonchev–Trinajstić information content (AvgIpc) is 3.02. The Morgan fingerprint density at radius 2 is 1.96 bits per heavy atom. The summed E-state index contributed by atoms with van der Waals surface area (Å²) in [7, 11) is 1.87. The number of benzene rings is 1. The van der Waals surface area contributed by atoms with Gasteiger partial charge in [-0.05, 0) is 69.0 Å². The van der Waals surface area contributed by atoms with Crippen molar-refractivity contribution < 1.29 is 9.18 Å². The molecule has 4 heteroatoms. The standard InChI is InChI=1S/C19H29FN2O/c1-14(2)18(9-12-22-10-5-6-11-22)21(4)19(23)16-7-8-17(20)15(3)13-16/h7-8,13-14,18H,5-6,9-12H2,1-4H3. The molecule has 1 amide bonds. The van der Waals surface area contributed by atoms with Gasteiger partial charge in [0, 0.05) is 25.2 Å². The molecule has 0 aromatic heterocycles. The Labute approximate surface area is 139 Å². The molecule has 1 aromatic rings. The van der Waals surface area contributed by atoms with Gasteiger partial charge in [-0.15, -0.1) is 0 Å². The first-order valence-corrected chi connectivity index (χ1v) is 8.66. The van der Waals surface area contributed by atoms with E-state index in [0.717, 1.165) is 13.0 Å². The molecule has 128 valence electrons. The van der Waals surface area contributed by atoms with Crippen LogP contribution in [0.3, 0.4) is 0 Å². The van der Waals surface area contributed by atoms with E-state index >= 15 is 0 Å². The third-order valence-electron chi connectivity index (χ3n) is 4.93. The van der Waals surface area contributed by atoms with Gasteiger partial charge in [0.05, 0.1) is 0 Å². The predicted octanol–water partition coefficient (Wildman–Crippen LogP) is 3.72. The van der Waals surface area contributed by atoms with Crippen molar-refractivity contribution in [3.8, 4) is 0 Å². The molecule has 23 heavy (non-hydrogen) atoms. The minimum absolute atomic E-state index is 0.0202. The van der Waals surface area contributed by atoms with E-state index in [1.807, 2.05) is 11.9 Å². The summed E-state index contributed by atoms with van der Waals surface area (Å²) < 4.78 is 13.4. The zero-order valence-corrected chi connectivity index (χ0v) is 14.8. The maximum absolute atomic E-state index is 13.4. The number of carbonyl (C=O) groups is 1. The molecule has 0 N–H and O–H groups in total. The molecule has 1 aromatic carbocycles. The van der Waals surface area contributed by atoms with Crippen LogP contribution >= 0.6 is 0 Å². The zero-order chi connectivity index (χ0) is 17.0. The minimum Gasteiger partial charge on any atom is -0.338 e. The first-order valence-electron chi connectivity index (χ1n) is 8.66. The quantitative estimate of drug-likeness (QED) is 0.797. The monoisotopic (exact) mass is 320 g/mol. The molecule has 0 saturated carbocycles. The lowest BCUT2D eigenvalue weighted by Crippen LogP contribution is -2.42. The van der Waals surface area contributed by atoms with Crippen LogP contribution in [0.25, 0.3) is 0 Å². The molecule has 1 saturated heterocycles. The van der Waals surface area contributed by atoms with Crippen LogP contribution in [0.4, 0.5) is 4.39 Å². The van der Waals surface area contributed by atoms with Crippen LogP contribution in [0.15, 0.2) is 18.2 Å². The van der Waals surface area contributed by atoms with Gasteiger partial charge in [-0.25, -0.2) is 4.39 Å². The van der Waals surface area contributed by atoms with Gasteiger partial charge in [-0.2, -0.15) is 0 Å². The summed E-state index contributed by atoms with van der Waals surface area (Å²) >= 11 is 0. The van der Waals surface area contributed by atoms with E-state index in [1.165, 1.54) is 32.0 Å². The molecule has 1 unspecified atom stereocenters. The van der Waals surface area contributed by atoms with Crippen molar-refractivity contribution in [1.29, 1.82) is 0 Å².